The Bertz CT molecular complexity index is 388. The summed E-state index contributed by atoms with van der Waals surface area (Å²) in [6.45, 7) is 6.64. The molecule has 3 heteroatoms. The van der Waals surface area contributed by atoms with Gasteiger partial charge >= 0.3 is 0 Å². The molecule has 0 atom stereocenters. The van der Waals surface area contributed by atoms with Crippen LogP contribution in [0.1, 0.15) is 58.2 Å². The Morgan fingerprint density at radius 1 is 1.33 bits per heavy atom. The first-order chi connectivity index (χ1) is 6.98. The van der Waals surface area contributed by atoms with Gasteiger partial charge in [0.25, 0.3) is 0 Å². The average Bonchev–Trinajstić information content (AvgIpc) is 2.69. The van der Waals surface area contributed by atoms with Crippen LogP contribution in [0.2, 0.25) is 0 Å². The zero-order chi connectivity index (χ0) is 11.1. The van der Waals surface area contributed by atoms with E-state index in [4.69, 9.17) is 12.2 Å². The highest BCUT2D eigenvalue weighted by atomic mass is 32.1. The third-order valence-electron chi connectivity index (χ3n) is 3.24. The number of H-pyrrole nitrogens is 1. The Hall–Kier alpha value is -0.570. The van der Waals surface area contributed by atoms with E-state index in [9.17, 15) is 0 Å². The Kier molecular flexibility index (Phi) is 2.75. The van der Waals surface area contributed by atoms with Gasteiger partial charge in [0.05, 0.1) is 6.04 Å². The van der Waals surface area contributed by atoms with Crippen LogP contribution in [0, 0.1) is 4.64 Å². The van der Waals surface area contributed by atoms with Crippen molar-refractivity contribution in [3.8, 4) is 0 Å². The van der Waals surface area contributed by atoms with Crippen molar-refractivity contribution in [2.45, 2.75) is 57.9 Å². The summed E-state index contributed by atoms with van der Waals surface area (Å²) in [5, 5.41) is 3.48. The van der Waals surface area contributed by atoms with E-state index in [0.29, 0.717) is 6.04 Å². The van der Waals surface area contributed by atoms with Crippen molar-refractivity contribution in [2.24, 2.45) is 0 Å². The fourth-order valence-corrected chi connectivity index (χ4v) is 2.54. The first-order valence-electron chi connectivity index (χ1n) is 5.80. The minimum absolute atomic E-state index is 0.164. The van der Waals surface area contributed by atoms with Gasteiger partial charge in [-0.05, 0) is 18.9 Å². The standard InChI is InChI=1S/C12H20N2S/c1-12(2,3)10-8-11(15)14(13-10)9-6-4-5-7-9/h8-9,13H,4-7H2,1-3H3. The lowest BCUT2D eigenvalue weighted by Crippen LogP contribution is -2.14. The minimum atomic E-state index is 0.164. The highest BCUT2D eigenvalue weighted by molar-refractivity contribution is 7.71. The van der Waals surface area contributed by atoms with Gasteiger partial charge in [-0.2, -0.15) is 0 Å². The van der Waals surface area contributed by atoms with Crippen molar-refractivity contribution in [1.29, 1.82) is 0 Å². The lowest BCUT2D eigenvalue weighted by molar-refractivity contribution is 0.445. The maximum Gasteiger partial charge on any atom is 0.122 e. The SMILES string of the molecule is CC(C)(C)c1cc(=S)n(C2CCCC2)[nH]1. The zero-order valence-corrected chi connectivity index (χ0v) is 10.7. The summed E-state index contributed by atoms with van der Waals surface area (Å²) in [6, 6.07) is 2.74. The molecule has 1 aliphatic carbocycles. The molecule has 1 aromatic heterocycles. The predicted octanol–water partition coefficient (Wildman–Crippen LogP) is 3.96. The molecule has 0 amide bonds. The topological polar surface area (TPSA) is 20.7 Å². The molecule has 0 spiro atoms. The van der Waals surface area contributed by atoms with Gasteiger partial charge in [0.1, 0.15) is 4.64 Å². The summed E-state index contributed by atoms with van der Waals surface area (Å²) in [7, 11) is 0. The van der Waals surface area contributed by atoms with Crippen LogP contribution >= 0.6 is 12.2 Å². The molecule has 0 bridgehead atoms. The Balaban J connectivity index is 2.33. The second-order valence-corrected chi connectivity index (χ2v) is 5.98. The Morgan fingerprint density at radius 2 is 1.93 bits per heavy atom. The minimum Gasteiger partial charge on any atom is -0.301 e. The van der Waals surface area contributed by atoms with Crippen LogP contribution in [0.5, 0.6) is 0 Å². The summed E-state index contributed by atoms with van der Waals surface area (Å²) in [6.07, 6.45) is 5.24. The molecule has 1 N–H and O–H groups in total. The molecule has 0 aliphatic heterocycles. The van der Waals surface area contributed by atoms with E-state index in [0.717, 1.165) is 4.64 Å². The number of rotatable bonds is 1. The maximum atomic E-state index is 5.41. The highest BCUT2D eigenvalue weighted by Crippen LogP contribution is 2.30. The van der Waals surface area contributed by atoms with Gasteiger partial charge in [-0.15, -0.1) is 0 Å². The van der Waals surface area contributed by atoms with Crippen LogP contribution in [0.25, 0.3) is 0 Å². The smallest absolute Gasteiger partial charge is 0.122 e. The van der Waals surface area contributed by atoms with E-state index in [1.165, 1.54) is 31.4 Å². The fraction of sp³-hybridized carbons (Fsp3) is 0.750. The molecular formula is C12H20N2S. The number of hydrogen-bond acceptors (Lipinski definition) is 1. The molecule has 1 fully saturated rings. The monoisotopic (exact) mass is 224 g/mol. The number of nitrogens with one attached hydrogen (secondary N) is 1. The van der Waals surface area contributed by atoms with Gasteiger partial charge in [-0.25, -0.2) is 0 Å². The molecule has 2 nitrogen and oxygen atoms in total. The van der Waals surface area contributed by atoms with Gasteiger partial charge in [0.2, 0.25) is 0 Å². The molecule has 1 saturated carbocycles. The van der Waals surface area contributed by atoms with Crippen LogP contribution < -0.4 is 0 Å². The van der Waals surface area contributed by atoms with Crippen LogP contribution in [0.3, 0.4) is 0 Å². The van der Waals surface area contributed by atoms with Crippen molar-refractivity contribution in [3.05, 3.63) is 16.4 Å². The first kappa shape index (κ1) is 10.9. The van der Waals surface area contributed by atoms with E-state index in [1.807, 2.05) is 0 Å². The van der Waals surface area contributed by atoms with E-state index in [2.05, 4.69) is 36.6 Å². The van der Waals surface area contributed by atoms with Gasteiger partial charge in [-0.3, -0.25) is 4.68 Å². The Morgan fingerprint density at radius 3 is 2.40 bits per heavy atom. The average molecular weight is 224 g/mol. The van der Waals surface area contributed by atoms with E-state index in [1.54, 1.807) is 0 Å². The molecule has 0 radical (unpaired) electrons. The number of nitrogens with zero attached hydrogens (tertiary/aromatic N) is 1. The largest absolute Gasteiger partial charge is 0.301 e. The third kappa shape index (κ3) is 2.17. The van der Waals surface area contributed by atoms with Crippen LogP contribution in [-0.2, 0) is 5.41 Å². The quantitative estimate of drug-likeness (QED) is 0.716. The van der Waals surface area contributed by atoms with Gasteiger partial charge < -0.3 is 5.10 Å². The fourth-order valence-electron chi connectivity index (χ4n) is 2.23. The summed E-state index contributed by atoms with van der Waals surface area (Å²) in [5.74, 6) is 0. The van der Waals surface area contributed by atoms with Crippen LogP contribution in [-0.4, -0.2) is 9.78 Å². The molecule has 0 unspecified atom stereocenters. The summed E-state index contributed by atoms with van der Waals surface area (Å²) < 4.78 is 3.16. The molecule has 0 aromatic carbocycles. The lowest BCUT2D eigenvalue weighted by Gasteiger charge is -2.17. The molecule has 1 heterocycles. The molecule has 1 aliphatic rings. The lowest BCUT2D eigenvalue weighted by atomic mass is 9.93. The summed E-state index contributed by atoms with van der Waals surface area (Å²) in [4.78, 5) is 0. The van der Waals surface area contributed by atoms with E-state index < -0.39 is 0 Å². The second kappa shape index (κ2) is 3.78. The number of aromatic nitrogens is 2. The molecule has 2 rings (SSSR count). The predicted molar refractivity (Wildman–Crippen MR) is 65.8 cm³/mol. The van der Waals surface area contributed by atoms with E-state index >= 15 is 0 Å². The molecule has 1 aromatic rings. The Labute approximate surface area is 96.7 Å². The maximum absolute atomic E-state index is 5.41. The highest BCUT2D eigenvalue weighted by Gasteiger charge is 2.21. The third-order valence-corrected chi connectivity index (χ3v) is 3.56. The van der Waals surface area contributed by atoms with Crippen LogP contribution in [0.4, 0.5) is 0 Å². The summed E-state index contributed by atoms with van der Waals surface area (Å²) >= 11 is 5.41. The second-order valence-electron chi connectivity index (χ2n) is 5.57. The molecular weight excluding hydrogens is 204 g/mol. The normalized spacial score (nSPS) is 18.6. The molecule has 84 valence electrons. The van der Waals surface area contributed by atoms with Gasteiger partial charge in [0, 0.05) is 11.1 Å². The van der Waals surface area contributed by atoms with Crippen LogP contribution in [0.15, 0.2) is 6.07 Å². The van der Waals surface area contributed by atoms with Crippen molar-refractivity contribution >= 4 is 12.2 Å². The van der Waals surface area contributed by atoms with Crippen molar-refractivity contribution in [3.63, 3.8) is 0 Å². The van der Waals surface area contributed by atoms with Gasteiger partial charge in [-0.1, -0.05) is 45.8 Å². The van der Waals surface area contributed by atoms with Gasteiger partial charge in [0.15, 0.2) is 0 Å². The van der Waals surface area contributed by atoms with Crippen molar-refractivity contribution in [1.82, 2.24) is 9.78 Å². The molecule has 0 saturated heterocycles. The number of hydrogen-bond donors (Lipinski definition) is 1. The van der Waals surface area contributed by atoms with Crippen molar-refractivity contribution < 1.29 is 0 Å². The van der Waals surface area contributed by atoms with Crippen molar-refractivity contribution in [2.75, 3.05) is 0 Å². The zero-order valence-electron chi connectivity index (χ0n) is 9.84. The molecule has 15 heavy (non-hydrogen) atoms. The van der Waals surface area contributed by atoms with E-state index in [-0.39, 0.29) is 5.41 Å². The number of aromatic amines is 1. The first-order valence-corrected chi connectivity index (χ1v) is 6.21. The summed E-state index contributed by atoms with van der Waals surface area (Å²) in [5.41, 5.74) is 1.41.